The summed E-state index contributed by atoms with van der Waals surface area (Å²) in [5, 5.41) is 7.82. The summed E-state index contributed by atoms with van der Waals surface area (Å²) in [7, 11) is 0. The normalized spacial score (nSPS) is 17.0. The number of carbonyl (C=O) groups excluding carboxylic acids is 1. The first kappa shape index (κ1) is 21.2. The summed E-state index contributed by atoms with van der Waals surface area (Å²) in [6.07, 6.45) is 0. The summed E-state index contributed by atoms with van der Waals surface area (Å²) in [5.41, 5.74) is 3.55. The number of hydrogen-bond donors (Lipinski definition) is 1. The third-order valence-electron chi connectivity index (χ3n) is 5.97. The zero-order valence-electron chi connectivity index (χ0n) is 18.6. The average molecular weight is 487 g/mol. The summed E-state index contributed by atoms with van der Waals surface area (Å²) in [5.74, 6) is 1.97. The van der Waals surface area contributed by atoms with Crippen molar-refractivity contribution in [2.75, 3.05) is 11.7 Å². The molecule has 1 N–H and O–H groups in total. The van der Waals surface area contributed by atoms with Crippen LogP contribution in [0.3, 0.4) is 0 Å². The molecule has 1 unspecified atom stereocenters. The van der Waals surface area contributed by atoms with Gasteiger partial charge in [-0.2, -0.15) is 4.98 Å². The summed E-state index contributed by atoms with van der Waals surface area (Å²) in [6, 6.07) is 21.4. The van der Waals surface area contributed by atoms with E-state index in [-0.39, 0.29) is 12.8 Å². The second-order valence-corrected chi connectivity index (χ2v) is 8.54. The maximum atomic E-state index is 13.4. The first-order valence-corrected chi connectivity index (χ1v) is 11.3. The average Bonchev–Trinajstić information content (AvgIpc) is 3.54. The van der Waals surface area contributed by atoms with E-state index in [4.69, 9.17) is 25.6 Å². The van der Waals surface area contributed by atoms with E-state index in [0.717, 1.165) is 11.1 Å². The van der Waals surface area contributed by atoms with E-state index in [0.29, 0.717) is 45.2 Å². The minimum absolute atomic E-state index is 0.145. The molecule has 4 aromatic rings. The highest BCUT2D eigenvalue weighted by Gasteiger charge is 2.37. The molecule has 0 spiro atoms. The molecule has 8 nitrogen and oxygen atoms in total. The van der Waals surface area contributed by atoms with E-state index in [9.17, 15) is 4.79 Å². The standard InChI is InChI=1S/C26H19ClN4O4/c1-15-22(25-29-24(30-35-25)16-6-3-2-4-7-16)23(17-8-5-9-18(27)12-17)28-26(32)31(15)19-10-11-20-21(13-19)34-14-33-20/h2-13,23H,14H2,1H3,(H,28,32). The molecule has 3 aromatic carbocycles. The molecule has 174 valence electrons. The molecule has 3 heterocycles. The molecule has 2 amide bonds. The van der Waals surface area contributed by atoms with E-state index in [1.807, 2.05) is 55.5 Å². The van der Waals surface area contributed by atoms with Crippen molar-refractivity contribution in [1.82, 2.24) is 15.5 Å². The number of aromatic nitrogens is 2. The van der Waals surface area contributed by atoms with Crippen LogP contribution >= 0.6 is 11.6 Å². The van der Waals surface area contributed by atoms with Gasteiger partial charge < -0.3 is 19.3 Å². The molecule has 0 saturated heterocycles. The van der Waals surface area contributed by atoms with Crippen molar-refractivity contribution >= 4 is 28.9 Å². The lowest BCUT2D eigenvalue weighted by Crippen LogP contribution is -2.46. The summed E-state index contributed by atoms with van der Waals surface area (Å²) in [6.45, 7) is 1.99. The maximum absolute atomic E-state index is 13.4. The number of benzene rings is 3. The maximum Gasteiger partial charge on any atom is 0.327 e. The molecule has 2 aliphatic rings. The van der Waals surface area contributed by atoms with Crippen LogP contribution in [0.5, 0.6) is 11.5 Å². The molecule has 0 saturated carbocycles. The number of amides is 2. The van der Waals surface area contributed by atoms with Crippen molar-refractivity contribution < 1.29 is 18.8 Å². The Kier molecular flexibility index (Phi) is 5.15. The van der Waals surface area contributed by atoms with Crippen molar-refractivity contribution in [1.29, 1.82) is 0 Å². The number of ether oxygens (including phenoxy) is 2. The Morgan fingerprint density at radius 2 is 1.83 bits per heavy atom. The highest BCUT2D eigenvalue weighted by molar-refractivity contribution is 6.30. The number of nitrogens with one attached hydrogen (secondary N) is 1. The summed E-state index contributed by atoms with van der Waals surface area (Å²) in [4.78, 5) is 19.6. The van der Waals surface area contributed by atoms with Crippen LogP contribution in [0.2, 0.25) is 5.02 Å². The smallest absolute Gasteiger partial charge is 0.327 e. The molecule has 0 fully saturated rings. The van der Waals surface area contributed by atoms with Gasteiger partial charge in [-0.3, -0.25) is 4.90 Å². The fourth-order valence-electron chi connectivity index (χ4n) is 4.33. The van der Waals surface area contributed by atoms with E-state index < -0.39 is 6.04 Å². The van der Waals surface area contributed by atoms with Crippen molar-refractivity contribution in [3.8, 4) is 22.9 Å². The number of carbonyl (C=O) groups is 1. The van der Waals surface area contributed by atoms with Gasteiger partial charge in [0, 0.05) is 22.3 Å². The van der Waals surface area contributed by atoms with Crippen molar-refractivity contribution in [2.24, 2.45) is 0 Å². The molecule has 0 bridgehead atoms. The zero-order chi connectivity index (χ0) is 23.9. The molecule has 6 rings (SSSR count). The predicted octanol–water partition coefficient (Wildman–Crippen LogP) is 5.82. The van der Waals surface area contributed by atoms with Crippen LogP contribution in [-0.4, -0.2) is 23.0 Å². The lowest BCUT2D eigenvalue weighted by molar-refractivity contribution is 0.174. The van der Waals surface area contributed by atoms with Gasteiger partial charge in [-0.15, -0.1) is 0 Å². The van der Waals surface area contributed by atoms with E-state index in [2.05, 4.69) is 15.5 Å². The molecular weight excluding hydrogens is 468 g/mol. The molecule has 0 aliphatic carbocycles. The van der Waals surface area contributed by atoms with Crippen LogP contribution in [0.4, 0.5) is 10.5 Å². The minimum Gasteiger partial charge on any atom is -0.454 e. The van der Waals surface area contributed by atoms with Gasteiger partial charge >= 0.3 is 6.03 Å². The zero-order valence-corrected chi connectivity index (χ0v) is 19.3. The first-order valence-electron chi connectivity index (χ1n) is 10.9. The SMILES string of the molecule is CC1=C(c2nc(-c3ccccc3)no2)C(c2cccc(Cl)c2)NC(=O)N1c1ccc2c(c1)OCO2. The molecule has 1 atom stereocenters. The molecular formula is C26H19ClN4O4. The van der Waals surface area contributed by atoms with Gasteiger partial charge in [-0.1, -0.05) is 59.2 Å². The predicted molar refractivity (Wildman–Crippen MR) is 130 cm³/mol. The van der Waals surface area contributed by atoms with Crippen molar-refractivity contribution in [3.63, 3.8) is 0 Å². The Morgan fingerprint density at radius 3 is 2.66 bits per heavy atom. The number of allylic oxidation sites excluding steroid dienone is 1. The largest absolute Gasteiger partial charge is 0.454 e. The third-order valence-corrected chi connectivity index (χ3v) is 6.20. The van der Waals surface area contributed by atoms with Gasteiger partial charge in [-0.25, -0.2) is 4.79 Å². The Bertz CT molecular complexity index is 1470. The first-order chi connectivity index (χ1) is 17.1. The Labute approximate surface area is 205 Å². The van der Waals surface area contributed by atoms with Gasteiger partial charge in [0.05, 0.1) is 17.3 Å². The van der Waals surface area contributed by atoms with Crippen LogP contribution in [-0.2, 0) is 0 Å². The number of anilines is 1. The highest BCUT2D eigenvalue weighted by Crippen LogP contribution is 2.42. The minimum atomic E-state index is -0.546. The van der Waals surface area contributed by atoms with E-state index >= 15 is 0 Å². The molecule has 2 aliphatic heterocycles. The van der Waals surface area contributed by atoms with Crippen LogP contribution < -0.4 is 19.7 Å². The van der Waals surface area contributed by atoms with Gasteiger partial charge in [0.2, 0.25) is 12.6 Å². The molecule has 1 aromatic heterocycles. The highest BCUT2D eigenvalue weighted by atomic mass is 35.5. The summed E-state index contributed by atoms with van der Waals surface area (Å²) < 4.78 is 16.7. The van der Waals surface area contributed by atoms with Gasteiger partial charge in [0.15, 0.2) is 11.5 Å². The van der Waals surface area contributed by atoms with Crippen LogP contribution in [0, 0.1) is 0 Å². The number of urea groups is 1. The second kappa shape index (κ2) is 8.48. The van der Waals surface area contributed by atoms with E-state index in [1.54, 1.807) is 29.2 Å². The summed E-state index contributed by atoms with van der Waals surface area (Å²) >= 11 is 6.28. The van der Waals surface area contributed by atoms with Gasteiger partial charge in [0.25, 0.3) is 5.89 Å². The van der Waals surface area contributed by atoms with Crippen LogP contribution in [0.15, 0.2) is 83.0 Å². The monoisotopic (exact) mass is 486 g/mol. The number of rotatable bonds is 4. The number of hydrogen-bond acceptors (Lipinski definition) is 6. The lowest BCUT2D eigenvalue weighted by atomic mass is 9.94. The Balaban J connectivity index is 1.50. The Hall–Kier alpha value is -4.30. The fourth-order valence-corrected chi connectivity index (χ4v) is 4.53. The third kappa shape index (κ3) is 3.77. The van der Waals surface area contributed by atoms with E-state index in [1.165, 1.54) is 0 Å². The Morgan fingerprint density at radius 1 is 1.00 bits per heavy atom. The van der Waals surface area contributed by atoms with Gasteiger partial charge in [0.1, 0.15) is 0 Å². The topological polar surface area (TPSA) is 89.7 Å². The van der Waals surface area contributed by atoms with Crippen LogP contribution in [0.1, 0.15) is 24.4 Å². The number of halogens is 1. The van der Waals surface area contributed by atoms with Crippen LogP contribution in [0.25, 0.3) is 17.0 Å². The van der Waals surface area contributed by atoms with Gasteiger partial charge in [-0.05, 0) is 36.8 Å². The number of nitrogens with zero attached hydrogens (tertiary/aromatic N) is 3. The molecule has 35 heavy (non-hydrogen) atoms. The van der Waals surface area contributed by atoms with Crippen molar-refractivity contribution in [3.05, 3.63) is 95.0 Å². The lowest BCUT2D eigenvalue weighted by Gasteiger charge is -2.35. The fraction of sp³-hybridized carbons (Fsp3) is 0.115. The molecule has 9 heteroatoms. The number of fused-ring (bicyclic) bond motifs is 1. The quantitative estimate of drug-likeness (QED) is 0.391. The second-order valence-electron chi connectivity index (χ2n) is 8.10. The van der Waals surface area contributed by atoms with Crippen molar-refractivity contribution in [2.45, 2.75) is 13.0 Å². The molecule has 0 radical (unpaired) electrons.